The molecular formula is C29H34O13. The first-order chi connectivity index (χ1) is 19.7. The van der Waals surface area contributed by atoms with E-state index < -0.39 is 41.9 Å². The number of aliphatic hydroxyl groups is 2. The number of unbranched alkanes of at least 4 members (excludes halogenated alkanes) is 1. The molecule has 2 aromatic carbocycles. The minimum absolute atomic E-state index is 0.0628. The molecule has 3 rings (SSSR count). The minimum atomic E-state index is -1.26. The molecule has 0 aromatic heterocycles. The molecule has 1 aliphatic heterocycles. The fourth-order valence-electron chi connectivity index (χ4n) is 2.26. The lowest BCUT2D eigenvalue weighted by molar-refractivity contribution is -0.139. The number of carbonyl (C=O) groups excluding carboxylic acids is 2. The van der Waals surface area contributed by atoms with E-state index in [1.807, 2.05) is 36.4 Å². The van der Waals surface area contributed by atoms with Gasteiger partial charge in [0, 0.05) is 25.0 Å². The van der Waals surface area contributed by atoms with E-state index in [0.29, 0.717) is 36.1 Å². The first kappa shape index (κ1) is 39.0. The topological polar surface area (TPSA) is 233 Å². The number of hydrogen-bond acceptors (Lipinski definition) is 9. The van der Waals surface area contributed by atoms with Gasteiger partial charge in [0.05, 0.1) is 23.8 Å². The Morgan fingerprint density at radius 1 is 0.786 bits per heavy atom. The number of carbonyl (C=O) groups is 6. The lowest BCUT2D eigenvalue weighted by Crippen LogP contribution is -2.18. The average molecular weight is 591 g/mol. The Balaban J connectivity index is 0. The quantitative estimate of drug-likeness (QED) is 0.107. The lowest BCUT2D eigenvalue weighted by Gasteiger charge is -2.09. The van der Waals surface area contributed by atoms with Crippen molar-refractivity contribution in [2.75, 3.05) is 6.61 Å². The summed E-state index contributed by atoms with van der Waals surface area (Å²) < 4.78 is 4.39. The smallest absolute Gasteiger partial charge is 0.346 e. The van der Waals surface area contributed by atoms with E-state index in [9.17, 15) is 28.8 Å². The summed E-state index contributed by atoms with van der Waals surface area (Å²) in [6.07, 6.45) is 3.41. The molecular weight excluding hydrogens is 556 g/mol. The molecule has 0 saturated carbocycles. The van der Waals surface area contributed by atoms with Crippen LogP contribution in [0.3, 0.4) is 0 Å². The Kier molecular flexibility index (Phi) is 22.0. The SMILES string of the molecule is C=Cc1ccccc1.CC(O)CO.O=C(O)/C=C\C(=O)O.O=C(O)CCCCC(=O)O.O=C1OC(=O)c2cccc1c2. The molecule has 1 aliphatic rings. The van der Waals surface area contributed by atoms with Crippen LogP contribution in [-0.4, -0.2) is 79.2 Å². The number of hydrogen-bond donors (Lipinski definition) is 6. The minimum Gasteiger partial charge on any atom is -0.481 e. The monoisotopic (exact) mass is 590 g/mol. The van der Waals surface area contributed by atoms with Crippen molar-refractivity contribution in [1.82, 2.24) is 0 Å². The van der Waals surface area contributed by atoms with E-state index in [1.54, 1.807) is 18.2 Å². The first-order valence-electron chi connectivity index (χ1n) is 12.1. The largest absolute Gasteiger partial charge is 0.481 e. The molecule has 1 heterocycles. The maximum Gasteiger partial charge on any atom is 0.346 e. The van der Waals surface area contributed by atoms with Crippen LogP contribution in [0.4, 0.5) is 0 Å². The Morgan fingerprint density at radius 2 is 1.19 bits per heavy atom. The van der Waals surface area contributed by atoms with Gasteiger partial charge >= 0.3 is 35.8 Å². The molecule has 0 amide bonds. The molecule has 13 nitrogen and oxygen atoms in total. The third-order valence-corrected chi connectivity index (χ3v) is 4.22. The second-order valence-electron chi connectivity index (χ2n) is 7.91. The highest BCUT2D eigenvalue weighted by Gasteiger charge is 2.21. The zero-order valence-electron chi connectivity index (χ0n) is 22.8. The van der Waals surface area contributed by atoms with E-state index in [4.69, 9.17) is 30.6 Å². The summed E-state index contributed by atoms with van der Waals surface area (Å²) in [6, 6.07) is 16.4. The van der Waals surface area contributed by atoms with Crippen LogP contribution in [0.5, 0.6) is 0 Å². The average Bonchev–Trinajstić information content (AvgIpc) is 2.95. The number of esters is 2. The maximum atomic E-state index is 10.8. The van der Waals surface area contributed by atoms with Crippen LogP contribution in [0.15, 0.2) is 73.3 Å². The van der Waals surface area contributed by atoms with Crippen molar-refractivity contribution in [3.05, 3.63) is 90.0 Å². The summed E-state index contributed by atoms with van der Waals surface area (Å²) in [7, 11) is 0. The number of rotatable bonds is 9. The molecule has 0 fully saturated rings. The second-order valence-corrected chi connectivity index (χ2v) is 7.91. The van der Waals surface area contributed by atoms with Gasteiger partial charge in [0.1, 0.15) is 0 Å². The van der Waals surface area contributed by atoms with Gasteiger partial charge in [-0.2, -0.15) is 0 Å². The zero-order chi connectivity index (χ0) is 32.5. The van der Waals surface area contributed by atoms with Crippen LogP contribution in [0.2, 0.25) is 0 Å². The standard InChI is InChI=1S/C8H4O3.C8H8.C6H10O4.C4H4O4.C3H8O2/c9-7-5-2-1-3-6(4-5)8(10)11-7;1-2-8-6-4-3-5-7-8;7-5(8)3-1-2-4-6(9)10;5-3(6)1-2-4(7)8;1-3(5)2-4/h1-4H;2-7H,1H2;1-4H2,(H,7,8)(H,9,10);1-2H,(H,5,6)(H,7,8);3-5H,2H2,1H3/b;;;2-1-;. The molecule has 0 aliphatic carbocycles. The van der Waals surface area contributed by atoms with Crippen LogP contribution < -0.4 is 0 Å². The van der Waals surface area contributed by atoms with Crippen molar-refractivity contribution in [3.63, 3.8) is 0 Å². The number of aliphatic carboxylic acids is 4. The molecule has 13 heteroatoms. The molecule has 42 heavy (non-hydrogen) atoms. The van der Waals surface area contributed by atoms with Gasteiger partial charge in [0.25, 0.3) is 0 Å². The van der Waals surface area contributed by atoms with Gasteiger partial charge in [-0.3, -0.25) is 9.59 Å². The maximum absolute atomic E-state index is 10.8. The number of ether oxygens (including phenoxy) is 1. The van der Waals surface area contributed by atoms with Crippen molar-refractivity contribution in [2.24, 2.45) is 0 Å². The summed E-state index contributed by atoms with van der Waals surface area (Å²) in [5.74, 6) is -5.39. The fourth-order valence-corrected chi connectivity index (χ4v) is 2.26. The third-order valence-electron chi connectivity index (χ3n) is 4.22. The van der Waals surface area contributed by atoms with Crippen LogP contribution in [-0.2, 0) is 23.9 Å². The third kappa shape index (κ3) is 23.9. The summed E-state index contributed by atoms with van der Waals surface area (Å²) >= 11 is 0. The molecule has 228 valence electrons. The van der Waals surface area contributed by atoms with E-state index in [2.05, 4.69) is 11.3 Å². The van der Waals surface area contributed by atoms with E-state index in [-0.39, 0.29) is 19.4 Å². The highest BCUT2D eigenvalue weighted by atomic mass is 16.6. The fraction of sp³-hybridized carbons (Fsp3) is 0.241. The summed E-state index contributed by atoms with van der Waals surface area (Å²) in [5.41, 5.74) is 2.04. The first-order valence-corrected chi connectivity index (χ1v) is 12.1. The normalized spacial score (nSPS) is 11.2. The van der Waals surface area contributed by atoms with Crippen LogP contribution in [0.25, 0.3) is 6.08 Å². The van der Waals surface area contributed by atoms with Gasteiger partial charge in [-0.1, -0.05) is 49.1 Å². The summed E-state index contributed by atoms with van der Waals surface area (Å²) in [4.78, 5) is 60.6. The predicted molar refractivity (Wildman–Crippen MR) is 150 cm³/mol. The number of fused-ring (bicyclic) bond motifs is 2. The Labute approximate surface area is 241 Å². The van der Waals surface area contributed by atoms with Crippen LogP contribution in [0, 0.1) is 0 Å². The zero-order valence-corrected chi connectivity index (χ0v) is 22.8. The van der Waals surface area contributed by atoms with Crippen LogP contribution in [0.1, 0.15) is 58.9 Å². The van der Waals surface area contributed by atoms with E-state index in [0.717, 1.165) is 0 Å². The molecule has 6 N–H and O–H groups in total. The highest BCUT2D eigenvalue weighted by Crippen LogP contribution is 2.14. The molecule has 1 unspecified atom stereocenters. The number of cyclic esters (lactones) is 2. The predicted octanol–water partition coefficient (Wildman–Crippen LogP) is 3.11. The highest BCUT2D eigenvalue weighted by molar-refractivity contribution is 6.07. The van der Waals surface area contributed by atoms with Gasteiger partial charge in [-0.15, -0.1) is 0 Å². The van der Waals surface area contributed by atoms with Crippen molar-refractivity contribution < 1.29 is 64.1 Å². The Hall–Kier alpha value is -5.14. The van der Waals surface area contributed by atoms with Crippen molar-refractivity contribution >= 4 is 41.9 Å². The van der Waals surface area contributed by atoms with Gasteiger partial charge in [0.2, 0.25) is 0 Å². The summed E-state index contributed by atoms with van der Waals surface area (Å²) in [5, 5.41) is 47.9. The summed E-state index contributed by atoms with van der Waals surface area (Å²) in [6.45, 7) is 5.02. The molecule has 1 atom stereocenters. The van der Waals surface area contributed by atoms with Gasteiger partial charge in [-0.05, 0) is 43.5 Å². The number of benzene rings is 2. The van der Waals surface area contributed by atoms with Gasteiger partial charge in [-0.25, -0.2) is 19.2 Å². The van der Waals surface area contributed by atoms with E-state index >= 15 is 0 Å². The van der Waals surface area contributed by atoms with E-state index in [1.165, 1.54) is 18.6 Å². The number of carboxylic acids is 4. The molecule has 0 saturated heterocycles. The molecule has 2 bridgehead atoms. The molecule has 0 spiro atoms. The van der Waals surface area contributed by atoms with Crippen LogP contribution >= 0.6 is 0 Å². The number of carboxylic acid groups (broad SMARTS) is 4. The lowest BCUT2D eigenvalue weighted by atomic mass is 10.1. The van der Waals surface area contributed by atoms with Gasteiger partial charge in [0.15, 0.2) is 0 Å². The van der Waals surface area contributed by atoms with Crippen molar-refractivity contribution in [3.8, 4) is 0 Å². The Bertz CT molecular complexity index is 1120. The molecule has 0 radical (unpaired) electrons. The molecule has 2 aromatic rings. The van der Waals surface area contributed by atoms with Crippen molar-refractivity contribution in [1.29, 1.82) is 0 Å². The number of aliphatic hydroxyl groups excluding tert-OH is 2. The Morgan fingerprint density at radius 3 is 1.48 bits per heavy atom. The van der Waals surface area contributed by atoms with Gasteiger partial charge < -0.3 is 35.4 Å². The van der Waals surface area contributed by atoms with Crippen molar-refractivity contribution in [2.45, 2.75) is 38.7 Å². The second kappa shape index (κ2) is 23.7.